The third-order valence-electron chi connectivity index (χ3n) is 3.28. The van der Waals surface area contributed by atoms with Gasteiger partial charge >= 0.3 is 0 Å². The Kier molecular flexibility index (Phi) is 2.84. The molecule has 88 valence electrons. The summed E-state index contributed by atoms with van der Waals surface area (Å²) in [7, 11) is 1.46. The topological polar surface area (TPSA) is 35.2 Å². The summed E-state index contributed by atoms with van der Waals surface area (Å²) >= 11 is 0. The van der Waals surface area contributed by atoms with Crippen LogP contribution < -0.4 is 10.5 Å². The molecule has 0 unspecified atom stereocenters. The van der Waals surface area contributed by atoms with Gasteiger partial charge in [-0.1, -0.05) is 0 Å². The Balaban J connectivity index is 2.28. The van der Waals surface area contributed by atoms with Crippen molar-refractivity contribution >= 4 is 0 Å². The van der Waals surface area contributed by atoms with Crippen LogP contribution in [0.3, 0.4) is 0 Å². The molecule has 16 heavy (non-hydrogen) atoms. The normalized spacial score (nSPS) is 17.2. The Morgan fingerprint density at radius 1 is 1.31 bits per heavy atom. The quantitative estimate of drug-likeness (QED) is 0.856. The smallest absolute Gasteiger partial charge is 0.162 e. The van der Waals surface area contributed by atoms with Gasteiger partial charge < -0.3 is 10.5 Å². The molecule has 1 aromatic carbocycles. The molecule has 4 heteroatoms. The fourth-order valence-electron chi connectivity index (χ4n) is 1.93. The van der Waals surface area contributed by atoms with E-state index in [2.05, 4.69) is 0 Å². The number of nitrogens with two attached hydrogens (primary N) is 1. The molecule has 1 aliphatic rings. The van der Waals surface area contributed by atoms with E-state index in [-0.39, 0.29) is 5.41 Å². The van der Waals surface area contributed by atoms with E-state index in [1.54, 1.807) is 0 Å². The van der Waals surface area contributed by atoms with Gasteiger partial charge in [0.2, 0.25) is 0 Å². The van der Waals surface area contributed by atoms with E-state index in [1.807, 2.05) is 0 Å². The number of hydrogen-bond donors (Lipinski definition) is 1. The van der Waals surface area contributed by atoms with Crippen LogP contribution in [-0.2, 0) is 6.42 Å². The zero-order valence-electron chi connectivity index (χ0n) is 9.22. The molecule has 0 saturated heterocycles. The Labute approximate surface area is 93.4 Å². The van der Waals surface area contributed by atoms with Gasteiger partial charge in [0.05, 0.1) is 7.11 Å². The summed E-state index contributed by atoms with van der Waals surface area (Å²) in [6.07, 6.45) is 2.75. The number of hydrogen-bond acceptors (Lipinski definition) is 2. The summed E-state index contributed by atoms with van der Waals surface area (Å²) < 4.78 is 31.2. The standard InChI is InChI=1S/C12H15F2NO/c1-16-11-5-10(14)9(13)4-8(11)6-12(7-15)2-3-12/h4-5H,2-3,6-7,15H2,1H3. The Bertz CT molecular complexity index is 402. The number of benzene rings is 1. The third-order valence-corrected chi connectivity index (χ3v) is 3.28. The molecule has 0 spiro atoms. The maximum absolute atomic E-state index is 13.1. The average molecular weight is 227 g/mol. The van der Waals surface area contributed by atoms with E-state index in [0.29, 0.717) is 24.3 Å². The first-order valence-corrected chi connectivity index (χ1v) is 5.32. The molecule has 0 aliphatic heterocycles. The van der Waals surface area contributed by atoms with Gasteiger partial charge in [-0.15, -0.1) is 0 Å². The largest absolute Gasteiger partial charge is 0.496 e. The Hall–Kier alpha value is -1.16. The molecule has 2 rings (SSSR count). The summed E-state index contributed by atoms with van der Waals surface area (Å²) in [6.45, 7) is 0.579. The van der Waals surface area contributed by atoms with Gasteiger partial charge in [-0.25, -0.2) is 8.78 Å². The van der Waals surface area contributed by atoms with Crippen molar-refractivity contribution in [3.63, 3.8) is 0 Å². The van der Waals surface area contributed by atoms with Crippen molar-refractivity contribution in [2.75, 3.05) is 13.7 Å². The molecule has 2 nitrogen and oxygen atoms in total. The predicted molar refractivity (Wildman–Crippen MR) is 57.3 cm³/mol. The molecular weight excluding hydrogens is 212 g/mol. The minimum absolute atomic E-state index is 0.0809. The molecule has 0 atom stereocenters. The molecule has 0 radical (unpaired) electrons. The SMILES string of the molecule is COc1cc(F)c(F)cc1CC1(CN)CC1. The summed E-state index contributed by atoms with van der Waals surface area (Å²) in [6, 6.07) is 2.31. The van der Waals surface area contributed by atoms with Crippen LogP contribution in [0.15, 0.2) is 12.1 Å². The van der Waals surface area contributed by atoms with Crippen LogP contribution >= 0.6 is 0 Å². The third kappa shape index (κ3) is 2.02. The minimum atomic E-state index is -0.877. The van der Waals surface area contributed by atoms with Crippen LogP contribution in [0.4, 0.5) is 8.78 Å². The molecule has 1 saturated carbocycles. The van der Waals surface area contributed by atoms with Crippen LogP contribution in [-0.4, -0.2) is 13.7 Å². The van der Waals surface area contributed by atoms with Crippen LogP contribution in [0.25, 0.3) is 0 Å². The fraction of sp³-hybridized carbons (Fsp3) is 0.500. The zero-order valence-corrected chi connectivity index (χ0v) is 9.22. The van der Waals surface area contributed by atoms with Crippen molar-refractivity contribution in [1.82, 2.24) is 0 Å². The Morgan fingerprint density at radius 3 is 2.44 bits per heavy atom. The van der Waals surface area contributed by atoms with Gasteiger partial charge in [-0.05, 0) is 42.9 Å². The van der Waals surface area contributed by atoms with E-state index in [0.717, 1.165) is 18.9 Å². The van der Waals surface area contributed by atoms with Gasteiger partial charge in [0.25, 0.3) is 0 Å². The summed E-state index contributed by atoms with van der Waals surface area (Å²) in [5.41, 5.74) is 6.45. The van der Waals surface area contributed by atoms with E-state index >= 15 is 0 Å². The summed E-state index contributed by atoms with van der Waals surface area (Å²) in [5, 5.41) is 0. The first kappa shape index (κ1) is 11.3. The van der Waals surface area contributed by atoms with Crippen LogP contribution in [0.5, 0.6) is 5.75 Å². The van der Waals surface area contributed by atoms with Gasteiger partial charge in [-0.3, -0.25) is 0 Å². The number of rotatable bonds is 4. The molecule has 1 aromatic rings. The predicted octanol–water partition coefficient (Wildman–Crippen LogP) is 2.25. The Morgan fingerprint density at radius 2 is 1.94 bits per heavy atom. The molecular formula is C12H15F2NO. The highest BCUT2D eigenvalue weighted by Crippen LogP contribution is 2.48. The lowest BCUT2D eigenvalue weighted by atomic mass is 9.96. The van der Waals surface area contributed by atoms with Gasteiger partial charge in [0.15, 0.2) is 11.6 Å². The van der Waals surface area contributed by atoms with Crippen molar-refractivity contribution in [3.05, 3.63) is 29.3 Å². The maximum atomic E-state index is 13.1. The number of ether oxygens (including phenoxy) is 1. The molecule has 0 amide bonds. The molecule has 1 aliphatic carbocycles. The number of methoxy groups -OCH3 is 1. The summed E-state index contributed by atoms with van der Waals surface area (Å²) in [4.78, 5) is 0. The summed E-state index contributed by atoms with van der Waals surface area (Å²) in [5.74, 6) is -1.31. The van der Waals surface area contributed by atoms with E-state index < -0.39 is 11.6 Å². The highest BCUT2D eigenvalue weighted by molar-refractivity contribution is 5.36. The van der Waals surface area contributed by atoms with Crippen molar-refractivity contribution in [2.45, 2.75) is 19.3 Å². The van der Waals surface area contributed by atoms with Gasteiger partial charge in [-0.2, -0.15) is 0 Å². The first-order chi connectivity index (χ1) is 7.60. The van der Waals surface area contributed by atoms with Crippen molar-refractivity contribution in [2.24, 2.45) is 11.1 Å². The average Bonchev–Trinajstić information content (AvgIpc) is 3.04. The van der Waals surface area contributed by atoms with Crippen LogP contribution in [0.2, 0.25) is 0 Å². The van der Waals surface area contributed by atoms with E-state index in [4.69, 9.17) is 10.5 Å². The number of halogens is 2. The fourth-order valence-corrected chi connectivity index (χ4v) is 1.93. The lowest BCUT2D eigenvalue weighted by molar-refractivity contribution is 0.393. The van der Waals surface area contributed by atoms with Crippen molar-refractivity contribution < 1.29 is 13.5 Å². The molecule has 1 fully saturated rings. The maximum Gasteiger partial charge on any atom is 0.162 e. The van der Waals surface area contributed by atoms with Crippen LogP contribution in [0.1, 0.15) is 18.4 Å². The monoisotopic (exact) mass is 227 g/mol. The molecule has 0 aromatic heterocycles. The van der Waals surface area contributed by atoms with Crippen molar-refractivity contribution in [1.29, 1.82) is 0 Å². The lowest BCUT2D eigenvalue weighted by Crippen LogP contribution is -2.18. The van der Waals surface area contributed by atoms with Crippen LogP contribution in [0, 0.1) is 17.0 Å². The second-order valence-electron chi connectivity index (χ2n) is 4.46. The molecule has 2 N–H and O–H groups in total. The molecule has 0 bridgehead atoms. The second kappa shape index (κ2) is 4.01. The van der Waals surface area contributed by atoms with E-state index in [9.17, 15) is 8.78 Å². The molecule has 0 heterocycles. The zero-order chi connectivity index (χ0) is 11.8. The second-order valence-corrected chi connectivity index (χ2v) is 4.46. The first-order valence-electron chi connectivity index (χ1n) is 5.32. The van der Waals surface area contributed by atoms with Gasteiger partial charge in [0, 0.05) is 6.07 Å². The highest BCUT2D eigenvalue weighted by atomic mass is 19.2. The minimum Gasteiger partial charge on any atom is -0.496 e. The lowest BCUT2D eigenvalue weighted by Gasteiger charge is -2.15. The van der Waals surface area contributed by atoms with E-state index in [1.165, 1.54) is 13.2 Å². The van der Waals surface area contributed by atoms with Gasteiger partial charge in [0.1, 0.15) is 5.75 Å². The highest BCUT2D eigenvalue weighted by Gasteiger charge is 2.41. The van der Waals surface area contributed by atoms with Crippen molar-refractivity contribution in [3.8, 4) is 5.75 Å².